The van der Waals surface area contributed by atoms with Crippen molar-refractivity contribution in [3.8, 4) is 0 Å². The minimum absolute atomic E-state index is 0.0172. The van der Waals surface area contributed by atoms with E-state index >= 15 is 0 Å². The summed E-state index contributed by atoms with van der Waals surface area (Å²) in [7, 11) is 0. The van der Waals surface area contributed by atoms with Crippen LogP contribution in [0.3, 0.4) is 0 Å². The number of piperidine rings is 1. The summed E-state index contributed by atoms with van der Waals surface area (Å²) in [6, 6.07) is 0.109. The first-order chi connectivity index (χ1) is 12.5. The van der Waals surface area contributed by atoms with Crippen LogP contribution < -0.4 is 5.32 Å². The molecule has 2 atom stereocenters. The molecular weight excluding hydrogens is 332 g/mol. The smallest absolute Gasteiger partial charge is 0.258 e. The van der Waals surface area contributed by atoms with Gasteiger partial charge in [-0.25, -0.2) is 0 Å². The number of amides is 2. The molecule has 6 heteroatoms. The topological polar surface area (TPSA) is 79.6 Å². The van der Waals surface area contributed by atoms with Crippen molar-refractivity contribution in [2.24, 2.45) is 5.92 Å². The second-order valence-corrected chi connectivity index (χ2v) is 7.34. The van der Waals surface area contributed by atoms with Gasteiger partial charge in [0.1, 0.15) is 11.5 Å². The van der Waals surface area contributed by atoms with Gasteiger partial charge in [0.05, 0.1) is 11.1 Å². The van der Waals surface area contributed by atoms with Gasteiger partial charge in [-0.05, 0) is 32.1 Å². The highest BCUT2D eigenvalue weighted by Crippen LogP contribution is 2.31. The summed E-state index contributed by atoms with van der Waals surface area (Å²) in [4.78, 5) is 39.1. The minimum Gasteiger partial charge on any atom is -0.465 e. The van der Waals surface area contributed by atoms with Gasteiger partial charge in [0, 0.05) is 38.4 Å². The molecule has 0 radical (unpaired) electrons. The highest BCUT2D eigenvalue weighted by Gasteiger charge is 2.36. The number of carbonyl (C=O) groups is 3. The van der Waals surface area contributed by atoms with E-state index in [2.05, 4.69) is 12.2 Å². The number of nitrogens with one attached hydrogen (secondary N) is 1. The molecule has 142 valence electrons. The molecule has 1 aliphatic heterocycles. The van der Waals surface area contributed by atoms with Crippen molar-refractivity contribution in [3.05, 3.63) is 22.6 Å². The van der Waals surface area contributed by atoms with Crippen LogP contribution in [0.25, 0.3) is 0 Å². The number of rotatable bonds is 4. The maximum Gasteiger partial charge on any atom is 0.258 e. The molecule has 0 saturated carbocycles. The second-order valence-electron chi connectivity index (χ2n) is 7.34. The van der Waals surface area contributed by atoms with Gasteiger partial charge in [-0.3, -0.25) is 14.4 Å². The Bertz CT molecular complexity index is 722. The fourth-order valence-electron chi connectivity index (χ4n) is 4.15. The van der Waals surface area contributed by atoms with E-state index in [9.17, 15) is 14.4 Å². The fourth-order valence-corrected chi connectivity index (χ4v) is 4.15. The maximum atomic E-state index is 13.2. The Balaban J connectivity index is 1.79. The Morgan fingerprint density at radius 2 is 2.04 bits per heavy atom. The molecule has 3 rings (SSSR count). The van der Waals surface area contributed by atoms with E-state index in [1.807, 2.05) is 11.8 Å². The highest BCUT2D eigenvalue weighted by atomic mass is 16.3. The lowest BCUT2D eigenvalue weighted by atomic mass is 9.88. The highest BCUT2D eigenvalue weighted by molar-refractivity contribution is 6.10. The van der Waals surface area contributed by atoms with Crippen molar-refractivity contribution >= 4 is 17.6 Å². The lowest BCUT2D eigenvalue weighted by Gasteiger charge is -2.38. The standard InChI is InChI=1S/C20H28N2O4/c1-4-13-11-22(10-9-14(13)21-17(24)5-2)20(25)18-12(3)26-16-8-6-7-15(23)19(16)18/h13-14H,4-11H2,1-3H3,(H,21,24)/t13-,14+/m1/s1. The van der Waals surface area contributed by atoms with Gasteiger partial charge in [-0.1, -0.05) is 13.8 Å². The molecule has 2 aliphatic rings. The summed E-state index contributed by atoms with van der Waals surface area (Å²) >= 11 is 0. The first-order valence-electron chi connectivity index (χ1n) is 9.70. The number of nitrogens with zero attached hydrogens (tertiary/aromatic N) is 1. The molecule has 1 saturated heterocycles. The van der Waals surface area contributed by atoms with Crippen molar-refractivity contribution in [1.29, 1.82) is 0 Å². The zero-order valence-corrected chi connectivity index (χ0v) is 15.9. The van der Waals surface area contributed by atoms with Crippen molar-refractivity contribution in [2.75, 3.05) is 13.1 Å². The lowest BCUT2D eigenvalue weighted by molar-refractivity contribution is -0.122. The molecule has 0 spiro atoms. The Hall–Kier alpha value is -2.11. The van der Waals surface area contributed by atoms with Crippen LogP contribution in [0.2, 0.25) is 0 Å². The van der Waals surface area contributed by atoms with Crippen molar-refractivity contribution < 1.29 is 18.8 Å². The number of fused-ring (bicyclic) bond motifs is 1. The summed E-state index contributed by atoms with van der Waals surface area (Å²) in [5.41, 5.74) is 0.962. The van der Waals surface area contributed by atoms with E-state index in [4.69, 9.17) is 4.42 Å². The number of Topliss-reactive ketones (excluding diaryl/α,β-unsaturated/α-hetero) is 1. The average Bonchev–Trinajstić information content (AvgIpc) is 2.98. The zero-order valence-electron chi connectivity index (χ0n) is 15.9. The van der Waals surface area contributed by atoms with Crippen LogP contribution in [0.15, 0.2) is 4.42 Å². The van der Waals surface area contributed by atoms with E-state index in [0.717, 1.165) is 25.7 Å². The summed E-state index contributed by atoms with van der Waals surface area (Å²) < 4.78 is 5.74. The molecule has 0 bridgehead atoms. The van der Waals surface area contributed by atoms with E-state index < -0.39 is 0 Å². The predicted octanol–water partition coefficient (Wildman–Crippen LogP) is 2.87. The first kappa shape index (κ1) is 18.7. The van der Waals surface area contributed by atoms with Gasteiger partial charge in [-0.15, -0.1) is 0 Å². The van der Waals surface area contributed by atoms with Gasteiger partial charge in [-0.2, -0.15) is 0 Å². The van der Waals surface area contributed by atoms with Crippen LogP contribution in [-0.2, 0) is 11.2 Å². The molecule has 2 heterocycles. The van der Waals surface area contributed by atoms with Crippen LogP contribution in [-0.4, -0.2) is 41.6 Å². The number of aryl methyl sites for hydroxylation is 2. The van der Waals surface area contributed by atoms with E-state index in [0.29, 0.717) is 48.6 Å². The van der Waals surface area contributed by atoms with E-state index in [-0.39, 0.29) is 29.6 Å². The van der Waals surface area contributed by atoms with E-state index in [1.165, 1.54) is 0 Å². The molecule has 0 aromatic carbocycles. The molecule has 26 heavy (non-hydrogen) atoms. The first-order valence-corrected chi connectivity index (χ1v) is 9.70. The van der Waals surface area contributed by atoms with Crippen LogP contribution in [0, 0.1) is 12.8 Å². The quantitative estimate of drug-likeness (QED) is 0.895. The van der Waals surface area contributed by atoms with Gasteiger partial charge < -0.3 is 14.6 Å². The third kappa shape index (κ3) is 3.41. The number of hydrogen-bond acceptors (Lipinski definition) is 4. The molecule has 1 aliphatic carbocycles. The van der Waals surface area contributed by atoms with Crippen LogP contribution in [0.1, 0.15) is 78.2 Å². The van der Waals surface area contributed by atoms with Gasteiger partial charge >= 0.3 is 0 Å². The fraction of sp³-hybridized carbons (Fsp3) is 0.650. The molecule has 0 unspecified atom stereocenters. The number of likely N-dealkylation sites (tertiary alicyclic amines) is 1. The Labute approximate surface area is 154 Å². The lowest BCUT2D eigenvalue weighted by Crippen LogP contribution is -2.52. The Morgan fingerprint density at radius 1 is 1.27 bits per heavy atom. The summed E-state index contributed by atoms with van der Waals surface area (Å²) in [6.07, 6.45) is 4.08. The monoisotopic (exact) mass is 360 g/mol. The van der Waals surface area contributed by atoms with Crippen molar-refractivity contribution in [3.63, 3.8) is 0 Å². The van der Waals surface area contributed by atoms with Crippen LogP contribution >= 0.6 is 0 Å². The number of furan rings is 1. The summed E-state index contributed by atoms with van der Waals surface area (Å²) in [5, 5.41) is 3.08. The third-order valence-electron chi connectivity index (χ3n) is 5.67. The van der Waals surface area contributed by atoms with Crippen molar-refractivity contribution in [2.45, 2.75) is 65.3 Å². The predicted molar refractivity (Wildman–Crippen MR) is 97.2 cm³/mol. The summed E-state index contributed by atoms with van der Waals surface area (Å²) in [5.74, 6) is 1.40. The SMILES string of the molecule is CCC(=O)N[C@H]1CCN(C(=O)c2c(C)oc3c2C(=O)CCC3)C[C@H]1CC. The molecule has 1 fully saturated rings. The molecule has 2 amide bonds. The normalized spacial score (nSPS) is 22.9. The molecular formula is C20H28N2O4. The molecule has 1 aromatic rings. The number of ketones is 1. The largest absolute Gasteiger partial charge is 0.465 e. The van der Waals surface area contributed by atoms with Gasteiger partial charge in [0.2, 0.25) is 5.91 Å². The third-order valence-corrected chi connectivity index (χ3v) is 5.67. The minimum atomic E-state index is -0.110. The van der Waals surface area contributed by atoms with Gasteiger partial charge in [0.15, 0.2) is 5.78 Å². The van der Waals surface area contributed by atoms with Crippen molar-refractivity contribution in [1.82, 2.24) is 10.2 Å². The van der Waals surface area contributed by atoms with Crippen LogP contribution in [0.4, 0.5) is 0 Å². The molecule has 1 aromatic heterocycles. The molecule has 1 N–H and O–H groups in total. The maximum absolute atomic E-state index is 13.2. The zero-order chi connectivity index (χ0) is 18.8. The Kier molecular flexibility index (Phi) is 5.49. The van der Waals surface area contributed by atoms with Crippen LogP contribution in [0.5, 0.6) is 0 Å². The molecule has 6 nitrogen and oxygen atoms in total. The number of carbonyl (C=O) groups excluding carboxylic acids is 3. The average molecular weight is 360 g/mol. The van der Waals surface area contributed by atoms with Gasteiger partial charge in [0.25, 0.3) is 5.91 Å². The Morgan fingerprint density at radius 3 is 2.73 bits per heavy atom. The second kappa shape index (κ2) is 7.64. The number of hydrogen-bond donors (Lipinski definition) is 1. The summed E-state index contributed by atoms with van der Waals surface area (Å²) in [6.45, 7) is 6.87. The van der Waals surface area contributed by atoms with E-state index in [1.54, 1.807) is 6.92 Å².